The van der Waals surface area contributed by atoms with Crippen LogP contribution < -0.4 is 10.3 Å². The lowest BCUT2D eigenvalue weighted by Crippen LogP contribution is -2.30. The maximum atomic E-state index is 12.9. The zero-order valence-electron chi connectivity index (χ0n) is 14.2. The van der Waals surface area contributed by atoms with Crippen molar-refractivity contribution in [1.82, 2.24) is 4.57 Å². The summed E-state index contributed by atoms with van der Waals surface area (Å²) < 4.78 is 12.7. The third kappa shape index (κ3) is 4.06. The van der Waals surface area contributed by atoms with E-state index in [-0.39, 0.29) is 16.9 Å². The Kier molecular flexibility index (Phi) is 5.71. The number of hydrogen-bond donors (Lipinski definition) is 0. The summed E-state index contributed by atoms with van der Waals surface area (Å²) in [5.74, 6) is 0.898. The summed E-state index contributed by atoms with van der Waals surface area (Å²) in [5, 5.41) is 1.45. The Balaban J connectivity index is 2.69. The summed E-state index contributed by atoms with van der Waals surface area (Å²) >= 11 is 6.18. The van der Waals surface area contributed by atoms with Gasteiger partial charge in [-0.2, -0.15) is 0 Å². The third-order valence-electron chi connectivity index (χ3n) is 3.53. The molecule has 0 aliphatic carbocycles. The molecule has 0 fully saturated rings. The van der Waals surface area contributed by atoms with Gasteiger partial charge >= 0.3 is 0 Å². The van der Waals surface area contributed by atoms with Gasteiger partial charge in [0.15, 0.2) is 0 Å². The van der Waals surface area contributed by atoms with Crippen molar-refractivity contribution in [2.45, 2.75) is 33.2 Å². The van der Waals surface area contributed by atoms with E-state index in [9.17, 15) is 4.79 Å². The van der Waals surface area contributed by atoms with Crippen LogP contribution in [-0.4, -0.2) is 24.9 Å². The Morgan fingerprint density at radius 3 is 2.35 bits per heavy atom. The van der Waals surface area contributed by atoms with Gasteiger partial charge in [-0.3, -0.25) is 4.79 Å². The lowest BCUT2D eigenvalue weighted by Gasteiger charge is -2.24. The van der Waals surface area contributed by atoms with Gasteiger partial charge in [0.05, 0.1) is 23.6 Å². The molecule has 0 unspecified atom stereocenters. The van der Waals surface area contributed by atoms with E-state index in [1.807, 2.05) is 24.3 Å². The van der Waals surface area contributed by atoms with Crippen molar-refractivity contribution >= 4 is 22.4 Å². The molecule has 2 aromatic rings. The topological polar surface area (TPSA) is 40.5 Å². The van der Waals surface area contributed by atoms with Crippen molar-refractivity contribution in [3.05, 3.63) is 40.3 Å². The number of alkyl halides is 1. The lowest BCUT2D eigenvalue weighted by molar-refractivity contribution is 0.146. The monoisotopic (exact) mass is 337 g/mol. The number of nitrogens with zero attached hydrogens (tertiary/aromatic N) is 1. The molecule has 5 heteroatoms. The van der Waals surface area contributed by atoms with Crippen molar-refractivity contribution in [1.29, 1.82) is 0 Å². The smallest absolute Gasteiger partial charge is 0.258 e. The van der Waals surface area contributed by atoms with E-state index in [0.717, 1.165) is 11.1 Å². The minimum absolute atomic E-state index is 0.0229. The fourth-order valence-corrected chi connectivity index (χ4v) is 2.84. The highest BCUT2D eigenvalue weighted by Crippen LogP contribution is 2.30. The summed E-state index contributed by atoms with van der Waals surface area (Å²) in [4.78, 5) is 12.9. The van der Waals surface area contributed by atoms with E-state index in [1.165, 1.54) is 0 Å². The predicted octanol–water partition coefficient (Wildman–Crippen LogP) is 3.81. The zero-order chi connectivity index (χ0) is 17.0. The van der Waals surface area contributed by atoms with Gasteiger partial charge in [0.1, 0.15) is 12.4 Å². The Bertz CT molecular complexity index is 731. The minimum atomic E-state index is -0.0447. The summed E-state index contributed by atoms with van der Waals surface area (Å²) in [6.07, 6.45) is 0. The summed E-state index contributed by atoms with van der Waals surface area (Å²) in [6.45, 7) is 7.76. The molecule has 0 saturated carbocycles. The Hall–Kier alpha value is -1.52. The molecule has 0 saturated heterocycles. The fourth-order valence-electron chi connectivity index (χ4n) is 2.58. The van der Waals surface area contributed by atoms with E-state index in [4.69, 9.17) is 21.1 Å². The van der Waals surface area contributed by atoms with E-state index in [2.05, 4.69) is 20.8 Å². The predicted molar refractivity (Wildman–Crippen MR) is 94.6 cm³/mol. The molecule has 0 aliphatic heterocycles. The second-order valence-corrected chi connectivity index (χ2v) is 7.02. The summed E-state index contributed by atoms with van der Waals surface area (Å²) in [6, 6.07) is 7.50. The first-order valence-corrected chi connectivity index (χ1v) is 8.24. The van der Waals surface area contributed by atoms with Crippen LogP contribution in [0.5, 0.6) is 5.75 Å². The van der Waals surface area contributed by atoms with Crippen LogP contribution in [0.1, 0.15) is 26.5 Å². The highest BCUT2D eigenvalue weighted by atomic mass is 35.5. The second-order valence-electron chi connectivity index (χ2n) is 6.75. The quantitative estimate of drug-likeness (QED) is 0.594. The van der Waals surface area contributed by atoms with Crippen molar-refractivity contribution in [3.8, 4) is 5.75 Å². The van der Waals surface area contributed by atoms with Gasteiger partial charge < -0.3 is 14.0 Å². The minimum Gasteiger partial charge on any atom is -0.489 e. The highest BCUT2D eigenvalue weighted by Gasteiger charge is 2.21. The average molecular weight is 338 g/mol. The van der Waals surface area contributed by atoms with Crippen LogP contribution in [0.15, 0.2) is 29.1 Å². The average Bonchev–Trinajstić information content (AvgIpc) is 2.50. The zero-order valence-corrected chi connectivity index (χ0v) is 14.9. The molecule has 1 aromatic carbocycles. The van der Waals surface area contributed by atoms with Crippen molar-refractivity contribution < 1.29 is 9.47 Å². The number of methoxy groups -OCH3 is 1. The first-order chi connectivity index (χ1) is 10.9. The Labute approximate surface area is 142 Å². The second kappa shape index (κ2) is 7.37. The number of pyridine rings is 1. The molecule has 126 valence electrons. The highest BCUT2D eigenvalue weighted by molar-refractivity contribution is 6.17. The molecular formula is C18H24ClNO3. The van der Waals surface area contributed by atoms with Crippen LogP contribution in [0.25, 0.3) is 10.8 Å². The number of rotatable bonds is 6. The Morgan fingerprint density at radius 1 is 1.13 bits per heavy atom. The number of aromatic nitrogens is 1. The molecule has 0 aliphatic rings. The van der Waals surface area contributed by atoms with E-state index < -0.39 is 0 Å². The van der Waals surface area contributed by atoms with Crippen molar-refractivity contribution in [2.75, 3.05) is 20.3 Å². The third-order valence-corrected chi connectivity index (χ3v) is 3.78. The lowest BCUT2D eigenvalue weighted by atomic mass is 9.96. The van der Waals surface area contributed by atoms with Gasteiger partial charge in [0.25, 0.3) is 5.56 Å². The van der Waals surface area contributed by atoms with E-state index in [0.29, 0.717) is 30.9 Å². The molecule has 0 radical (unpaired) electrons. The van der Waals surface area contributed by atoms with E-state index in [1.54, 1.807) is 11.7 Å². The van der Waals surface area contributed by atoms with Gasteiger partial charge in [-0.05, 0) is 11.5 Å². The van der Waals surface area contributed by atoms with Crippen molar-refractivity contribution in [2.24, 2.45) is 5.41 Å². The number of halogens is 1. The molecule has 23 heavy (non-hydrogen) atoms. The number of benzene rings is 1. The van der Waals surface area contributed by atoms with Gasteiger partial charge in [-0.25, -0.2) is 0 Å². The maximum Gasteiger partial charge on any atom is 0.258 e. The number of hydrogen-bond acceptors (Lipinski definition) is 3. The first-order valence-electron chi connectivity index (χ1n) is 7.71. The van der Waals surface area contributed by atoms with Crippen LogP contribution in [0, 0.1) is 5.41 Å². The Morgan fingerprint density at radius 2 is 1.78 bits per heavy atom. The van der Waals surface area contributed by atoms with E-state index >= 15 is 0 Å². The summed E-state index contributed by atoms with van der Waals surface area (Å²) in [7, 11) is 1.63. The molecule has 0 N–H and O–H groups in total. The molecule has 0 bridgehead atoms. The molecule has 0 spiro atoms. The van der Waals surface area contributed by atoms with Gasteiger partial charge in [-0.15, -0.1) is 11.6 Å². The number of fused-ring (bicyclic) bond motifs is 1. The largest absolute Gasteiger partial charge is 0.489 e. The van der Waals surface area contributed by atoms with Crippen LogP contribution in [0.3, 0.4) is 0 Å². The molecule has 1 aromatic heterocycles. The molecule has 0 amide bonds. The van der Waals surface area contributed by atoms with Crippen LogP contribution in [-0.2, 0) is 17.2 Å². The maximum absolute atomic E-state index is 12.9. The fraction of sp³-hybridized carbons (Fsp3) is 0.500. The summed E-state index contributed by atoms with van der Waals surface area (Å²) in [5.41, 5.74) is 0.656. The standard InChI is InChI=1S/C18H24ClNO3/c1-18(2,3)12-20-15(11-19)16(23-10-9-22-4)13-7-5-6-8-14(13)17(20)21/h5-8H,9-12H2,1-4H3. The molecule has 2 rings (SSSR count). The van der Waals surface area contributed by atoms with Gasteiger partial charge in [0, 0.05) is 19.0 Å². The number of ether oxygens (including phenoxy) is 2. The van der Waals surface area contributed by atoms with Gasteiger partial charge in [0.2, 0.25) is 0 Å². The van der Waals surface area contributed by atoms with Crippen molar-refractivity contribution in [3.63, 3.8) is 0 Å². The normalized spacial score (nSPS) is 11.9. The van der Waals surface area contributed by atoms with Gasteiger partial charge in [-0.1, -0.05) is 39.0 Å². The SMILES string of the molecule is COCCOc1c(CCl)n(CC(C)(C)C)c(=O)c2ccccc12. The molecular weight excluding hydrogens is 314 g/mol. The van der Waals surface area contributed by atoms with Crippen LogP contribution >= 0.6 is 11.6 Å². The van der Waals surface area contributed by atoms with Crippen LogP contribution in [0.4, 0.5) is 0 Å². The van der Waals surface area contributed by atoms with Crippen LogP contribution in [0.2, 0.25) is 0 Å². The molecule has 0 atom stereocenters. The molecule has 1 heterocycles. The first kappa shape index (κ1) is 17.8. The molecule has 4 nitrogen and oxygen atoms in total.